The minimum Gasteiger partial charge on any atom is -1.00 e. The number of aliphatic hydroxyl groups is 1. The third kappa shape index (κ3) is 33.5. The van der Waals surface area contributed by atoms with E-state index in [1.807, 2.05) is 23.9 Å². The average Bonchev–Trinajstić information content (AvgIpc) is 3.63. The highest BCUT2D eigenvalue weighted by Crippen LogP contribution is 2.54. The van der Waals surface area contributed by atoms with Gasteiger partial charge in [-0.1, -0.05) is 11.3 Å². The van der Waals surface area contributed by atoms with E-state index in [0.29, 0.717) is 48.2 Å². The van der Waals surface area contributed by atoms with E-state index in [9.17, 15) is 27.4 Å². The number of nitrogens with two attached hydrogens (primary N) is 2. The number of rotatable bonds is 15. The fourth-order valence-corrected chi connectivity index (χ4v) is 8.27. The second-order valence-electron chi connectivity index (χ2n) is 11.3. The second kappa shape index (κ2) is 28.4. The molecule has 31 nitrogen and oxygen atoms in total. The van der Waals surface area contributed by atoms with Crippen molar-refractivity contribution in [1.82, 2.24) is 24.9 Å². The SMILES string of the molecule is Cc1ncc(CO)c(N)n1.Cc1ncc(C[n+]2csc(CCOP(=O)(O)O)c2C)c(N)n1.Cc1ncsc1CCOP(=O)(O)O.O=P(O)(O)OP(=O)(O)O.O=P(O)(O)OP(=O)(O)O.[Cl-]. The molecule has 0 saturated heterocycles. The fraction of sp³-hybridized carbons (Fsp3) is 0.417. The number of aliphatic hydroxyl groups excluding tert-OH is 1. The van der Waals surface area contributed by atoms with Gasteiger partial charge in [0.2, 0.25) is 5.51 Å². The van der Waals surface area contributed by atoms with Crippen molar-refractivity contribution >= 4 is 81.2 Å². The van der Waals surface area contributed by atoms with Crippen LogP contribution in [0.15, 0.2) is 23.4 Å². The number of aromatic nitrogens is 6. The molecule has 64 heavy (non-hydrogen) atoms. The molecular formula is C24H45ClN8O23P6S2. The number of hydrogen-bond donors (Lipinski definition) is 15. The minimum atomic E-state index is -5.05. The molecule has 17 N–H and O–H groups in total. The molecule has 4 heterocycles. The summed E-state index contributed by atoms with van der Waals surface area (Å²) in [5.41, 5.74) is 18.2. The predicted molar refractivity (Wildman–Crippen MR) is 217 cm³/mol. The molecule has 0 saturated carbocycles. The van der Waals surface area contributed by atoms with Gasteiger partial charge in [-0.2, -0.15) is 13.2 Å². The number of thiazole rings is 2. The van der Waals surface area contributed by atoms with Gasteiger partial charge in [-0.05, 0) is 20.8 Å². The van der Waals surface area contributed by atoms with Crippen LogP contribution in [0.2, 0.25) is 0 Å². The van der Waals surface area contributed by atoms with Gasteiger partial charge in [0.25, 0.3) is 0 Å². The largest absolute Gasteiger partial charge is 1.00 e. The third-order valence-electron chi connectivity index (χ3n) is 6.15. The molecule has 0 aliphatic rings. The molecule has 4 rings (SSSR count). The highest BCUT2D eigenvalue weighted by atomic mass is 35.5. The van der Waals surface area contributed by atoms with Crippen molar-refractivity contribution in [2.75, 3.05) is 24.7 Å². The van der Waals surface area contributed by atoms with Crippen LogP contribution < -0.4 is 28.4 Å². The number of nitrogens with zero attached hydrogens (tertiary/aromatic N) is 6. The first-order chi connectivity index (χ1) is 28.4. The molecular weight excluding hydrogens is 1050 g/mol. The molecule has 0 atom stereocenters. The maximum atomic E-state index is 10.7. The summed E-state index contributed by atoms with van der Waals surface area (Å²) in [4.78, 5) is 118. The van der Waals surface area contributed by atoms with Crippen LogP contribution in [0, 0.1) is 27.7 Å². The van der Waals surface area contributed by atoms with Crippen LogP contribution in [-0.4, -0.2) is 102 Å². The first kappa shape index (κ1) is 64.1. The first-order valence-electron chi connectivity index (χ1n) is 16.1. The zero-order chi connectivity index (χ0) is 49.2. The number of anilines is 2. The second-order valence-corrected chi connectivity index (χ2v) is 20.9. The number of aryl methyl sites for hydroxylation is 3. The van der Waals surface area contributed by atoms with Crippen LogP contribution >= 0.6 is 69.6 Å². The van der Waals surface area contributed by atoms with Crippen LogP contribution in [-0.2, 0) is 71.1 Å². The Morgan fingerprint density at radius 1 is 0.594 bits per heavy atom. The van der Waals surface area contributed by atoms with Crippen molar-refractivity contribution in [1.29, 1.82) is 0 Å². The van der Waals surface area contributed by atoms with Crippen LogP contribution in [0.25, 0.3) is 0 Å². The van der Waals surface area contributed by atoms with E-state index in [0.717, 1.165) is 26.7 Å². The average molecular weight is 1100 g/mol. The van der Waals surface area contributed by atoms with E-state index in [1.54, 1.807) is 25.6 Å². The van der Waals surface area contributed by atoms with Gasteiger partial charge in [-0.15, -0.1) is 11.3 Å². The molecule has 4 aromatic rings. The lowest BCUT2D eigenvalue weighted by Gasteiger charge is -2.04. The molecule has 40 heteroatoms. The highest BCUT2D eigenvalue weighted by Gasteiger charge is 2.29. The Morgan fingerprint density at radius 2 is 0.984 bits per heavy atom. The molecule has 0 bridgehead atoms. The smallest absolute Gasteiger partial charge is 0.478 e. The van der Waals surface area contributed by atoms with Crippen molar-refractivity contribution in [3.63, 3.8) is 0 Å². The van der Waals surface area contributed by atoms with Crippen LogP contribution in [0.4, 0.5) is 11.6 Å². The lowest BCUT2D eigenvalue weighted by atomic mass is 10.2. The van der Waals surface area contributed by atoms with Crippen LogP contribution in [0.1, 0.15) is 43.9 Å². The Morgan fingerprint density at radius 3 is 1.30 bits per heavy atom. The van der Waals surface area contributed by atoms with E-state index in [4.69, 9.17) is 75.3 Å². The number of nitrogen functional groups attached to an aromatic ring is 2. The summed E-state index contributed by atoms with van der Waals surface area (Å²) in [6, 6.07) is 0. The molecule has 0 spiro atoms. The zero-order valence-electron chi connectivity index (χ0n) is 33.2. The summed E-state index contributed by atoms with van der Waals surface area (Å²) in [6.07, 6.45) is 4.16. The van der Waals surface area contributed by atoms with Gasteiger partial charge in [0.15, 0.2) is 12.2 Å². The predicted octanol–water partition coefficient (Wildman–Crippen LogP) is -2.93. The Hall–Kier alpha value is -1.99. The quantitative estimate of drug-likeness (QED) is 0.0418. The van der Waals surface area contributed by atoms with E-state index in [2.05, 4.69) is 42.6 Å². The summed E-state index contributed by atoms with van der Waals surface area (Å²) in [5, 5.41) is 8.65. The highest BCUT2D eigenvalue weighted by molar-refractivity contribution is 7.60. The minimum absolute atomic E-state index is 0. The molecule has 0 unspecified atom stereocenters. The fourth-order valence-electron chi connectivity index (χ4n) is 3.66. The van der Waals surface area contributed by atoms with Crippen molar-refractivity contribution < 1.29 is 126 Å². The monoisotopic (exact) mass is 1100 g/mol. The third-order valence-corrected chi connectivity index (χ3v) is 12.7. The molecule has 368 valence electrons. The van der Waals surface area contributed by atoms with Crippen LogP contribution in [0.3, 0.4) is 0 Å². The summed E-state index contributed by atoms with van der Waals surface area (Å²) in [6.45, 7) is 7.76. The van der Waals surface area contributed by atoms with Gasteiger partial charge in [-0.3, -0.25) is 9.05 Å². The Labute approximate surface area is 376 Å². The molecule has 0 radical (unpaired) electrons. The van der Waals surface area contributed by atoms with Gasteiger partial charge < -0.3 is 87.7 Å². The molecule has 0 amide bonds. The molecule has 4 aromatic heterocycles. The number of phosphoric ester groups is 2. The van der Waals surface area contributed by atoms with Gasteiger partial charge >= 0.3 is 46.9 Å². The number of phosphoric acid groups is 6. The maximum absolute atomic E-state index is 10.7. The Balaban J connectivity index is 0. The normalized spacial score (nSPS) is 11.9. The Kier molecular flexibility index (Phi) is 28.4. The van der Waals surface area contributed by atoms with Crippen molar-refractivity contribution in [3.05, 3.63) is 67.3 Å². The van der Waals surface area contributed by atoms with E-state index in [1.165, 1.54) is 28.9 Å². The summed E-state index contributed by atoms with van der Waals surface area (Å²) in [7, 11) is -28.9. The molecule has 0 aromatic carbocycles. The lowest BCUT2D eigenvalue weighted by molar-refractivity contribution is -0.689. The van der Waals surface area contributed by atoms with Gasteiger partial charge in [0.1, 0.15) is 23.3 Å². The number of hydrogen-bond acceptors (Lipinski definition) is 20. The summed E-state index contributed by atoms with van der Waals surface area (Å²) < 4.78 is 76.2. The Bertz CT molecular complexity index is 2270. The van der Waals surface area contributed by atoms with Crippen molar-refractivity contribution in [2.24, 2.45) is 0 Å². The molecule has 0 aliphatic heterocycles. The maximum Gasteiger partial charge on any atom is 0.478 e. The van der Waals surface area contributed by atoms with E-state index >= 15 is 0 Å². The lowest BCUT2D eigenvalue weighted by Crippen LogP contribution is -3.00. The van der Waals surface area contributed by atoms with Crippen molar-refractivity contribution in [2.45, 2.75) is 53.7 Å². The van der Waals surface area contributed by atoms with Crippen molar-refractivity contribution in [3.8, 4) is 0 Å². The molecule has 0 fully saturated rings. The first-order valence-corrected chi connectivity index (χ1v) is 27.0. The van der Waals surface area contributed by atoms with E-state index in [-0.39, 0.29) is 32.2 Å². The van der Waals surface area contributed by atoms with Crippen LogP contribution in [0.5, 0.6) is 0 Å². The molecule has 0 aliphatic carbocycles. The topological polar surface area (TPSA) is 523 Å². The number of halogens is 1. The zero-order valence-corrected chi connectivity index (χ0v) is 40.9. The van der Waals surface area contributed by atoms with Gasteiger partial charge in [0, 0.05) is 42.6 Å². The summed E-state index contributed by atoms with van der Waals surface area (Å²) in [5.74, 6) is 2.06. The van der Waals surface area contributed by atoms with E-state index < -0.39 is 46.9 Å². The van der Waals surface area contributed by atoms with Gasteiger partial charge in [0.05, 0.1) is 41.5 Å². The van der Waals surface area contributed by atoms with Gasteiger partial charge in [-0.25, -0.2) is 52.3 Å². The summed E-state index contributed by atoms with van der Waals surface area (Å²) >= 11 is 2.96. The standard InChI is InChI=1S/C12H17N4O4PS.C6H9N3O.C6H10NO4PS.ClH.2H4O7P2/c1-8-11(3-4-20-21(17,18)19)22-7-16(8)6-10-5-14-9(2)15-12(10)13;1-4-8-2-5(3-10)6(7)9-4;1-5-6(13-4-7-5)2-3-11-12(8,9)10;;2*1-8(2,3)7-9(4,5)6/h5,7H,3-4,6H2,1-2H3,(H3-,13,14,15,17,18,19);2,10H,3H2,1H3,(H2,7,8,9);4H,2-3H2,1H3,(H2,8,9,10);1H;2*(H2,1,2,3)(H2,4,5,6).